The van der Waals surface area contributed by atoms with Crippen molar-refractivity contribution >= 4 is 11.7 Å². The van der Waals surface area contributed by atoms with E-state index in [0.29, 0.717) is 13.0 Å². The summed E-state index contributed by atoms with van der Waals surface area (Å²) in [7, 11) is 0. The highest BCUT2D eigenvalue weighted by molar-refractivity contribution is 6.02. The number of nitrogens with one attached hydrogen (secondary N) is 1. The second kappa shape index (κ2) is 4.24. The summed E-state index contributed by atoms with van der Waals surface area (Å²) in [5.41, 5.74) is 0. The lowest BCUT2D eigenvalue weighted by molar-refractivity contribution is -0.132. The summed E-state index contributed by atoms with van der Waals surface area (Å²) in [5, 5.41) is 2.74. The topological polar surface area (TPSA) is 46.2 Å². The van der Waals surface area contributed by atoms with E-state index in [1.54, 1.807) is 0 Å². The Balaban J connectivity index is 2.36. The van der Waals surface area contributed by atoms with Crippen LogP contribution in [0.15, 0.2) is 0 Å². The highest BCUT2D eigenvalue weighted by atomic mass is 16.2. The lowest BCUT2D eigenvalue weighted by Crippen LogP contribution is -2.33. The third-order valence-corrected chi connectivity index (χ3v) is 2.17. The maximum Gasteiger partial charge on any atom is 0.230 e. The van der Waals surface area contributed by atoms with E-state index in [9.17, 15) is 9.59 Å². The molecule has 0 aromatic heterocycles. The molecule has 1 N–H and O–H groups in total. The van der Waals surface area contributed by atoms with Crippen LogP contribution in [0, 0.1) is 5.92 Å². The van der Waals surface area contributed by atoms with Crippen molar-refractivity contribution in [2.75, 3.05) is 6.54 Å². The molecular weight excluding hydrogens is 154 g/mol. The van der Waals surface area contributed by atoms with Gasteiger partial charge in [0.2, 0.25) is 5.91 Å². The number of carbonyl (C=O) groups is 2. The number of ketones is 1. The highest BCUT2D eigenvalue weighted by Gasteiger charge is 2.30. The average Bonchev–Trinajstić information content (AvgIpc) is 2.47. The van der Waals surface area contributed by atoms with Crippen molar-refractivity contribution in [1.29, 1.82) is 0 Å². The molecule has 1 saturated carbocycles. The van der Waals surface area contributed by atoms with E-state index in [1.165, 1.54) is 0 Å². The van der Waals surface area contributed by atoms with Crippen LogP contribution in [0.4, 0.5) is 0 Å². The predicted octanol–water partition coefficient (Wildman–Crippen LogP) is 0.882. The van der Waals surface area contributed by atoms with Gasteiger partial charge in [-0.2, -0.15) is 0 Å². The normalized spacial score (nSPS) is 22.8. The zero-order valence-corrected chi connectivity index (χ0v) is 7.43. The maximum absolute atomic E-state index is 11.3. The van der Waals surface area contributed by atoms with Crippen molar-refractivity contribution in [2.24, 2.45) is 5.92 Å². The van der Waals surface area contributed by atoms with Gasteiger partial charge in [-0.05, 0) is 19.3 Å². The second-order valence-corrected chi connectivity index (χ2v) is 3.20. The Kier molecular flexibility index (Phi) is 3.26. The molecule has 1 rings (SSSR count). The lowest BCUT2D eigenvalue weighted by atomic mass is 10.1. The molecule has 12 heavy (non-hydrogen) atoms. The van der Waals surface area contributed by atoms with Gasteiger partial charge < -0.3 is 5.32 Å². The molecule has 68 valence electrons. The van der Waals surface area contributed by atoms with Crippen LogP contribution in [-0.4, -0.2) is 18.2 Å². The van der Waals surface area contributed by atoms with Crippen LogP contribution < -0.4 is 5.32 Å². The monoisotopic (exact) mass is 169 g/mol. The van der Waals surface area contributed by atoms with Crippen molar-refractivity contribution < 1.29 is 9.59 Å². The van der Waals surface area contributed by atoms with Crippen molar-refractivity contribution in [2.45, 2.75) is 32.6 Å². The number of hydrogen-bond donors (Lipinski definition) is 1. The minimum absolute atomic E-state index is 0.0700. The van der Waals surface area contributed by atoms with E-state index in [2.05, 4.69) is 5.32 Å². The standard InChI is InChI=1S/C9H15NO2/c1-2-6-10-9(12)7-4-3-5-8(7)11/h7H,2-6H2,1H3,(H,10,12). The molecule has 0 spiro atoms. The molecule has 1 aliphatic rings. The van der Waals surface area contributed by atoms with Crippen LogP contribution in [0.1, 0.15) is 32.6 Å². The fourth-order valence-electron chi connectivity index (χ4n) is 1.46. The fourth-order valence-corrected chi connectivity index (χ4v) is 1.46. The molecule has 0 aliphatic heterocycles. The Morgan fingerprint density at radius 2 is 2.42 bits per heavy atom. The molecule has 1 atom stereocenters. The first-order valence-electron chi connectivity index (χ1n) is 4.56. The molecule has 3 heteroatoms. The Morgan fingerprint density at radius 3 is 2.92 bits per heavy atom. The summed E-state index contributed by atoms with van der Waals surface area (Å²) in [4.78, 5) is 22.4. The van der Waals surface area contributed by atoms with Gasteiger partial charge in [-0.15, -0.1) is 0 Å². The second-order valence-electron chi connectivity index (χ2n) is 3.20. The first-order valence-corrected chi connectivity index (χ1v) is 4.56. The highest BCUT2D eigenvalue weighted by Crippen LogP contribution is 2.20. The van der Waals surface area contributed by atoms with Gasteiger partial charge in [-0.25, -0.2) is 0 Å². The molecule has 0 aromatic rings. The summed E-state index contributed by atoms with van der Waals surface area (Å²) in [6.07, 6.45) is 3.13. The summed E-state index contributed by atoms with van der Waals surface area (Å²) in [5.74, 6) is -0.292. The molecule has 0 saturated heterocycles. The molecule has 1 aliphatic carbocycles. The summed E-state index contributed by atoms with van der Waals surface area (Å²) in [6, 6.07) is 0. The molecule has 0 radical (unpaired) electrons. The van der Waals surface area contributed by atoms with Crippen LogP contribution in [0.3, 0.4) is 0 Å². The number of Topliss-reactive ketones (excluding diaryl/α,β-unsaturated/α-hetero) is 1. The zero-order valence-electron chi connectivity index (χ0n) is 7.43. The Morgan fingerprint density at radius 1 is 1.67 bits per heavy atom. The van der Waals surface area contributed by atoms with Gasteiger partial charge in [0.25, 0.3) is 0 Å². The molecule has 1 fully saturated rings. The van der Waals surface area contributed by atoms with E-state index in [-0.39, 0.29) is 17.6 Å². The van der Waals surface area contributed by atoms with Crippen LogP contribution in [0.5, 0.6) is 0 Å². The van der Waals surface area contributed by atoms with Crippen molar-refractivity contribution in [3.63, 3.8) is 0 Å². The van der Waals surface area contributed by atoms with Gasteiger partial charge in [-0.3, -0.25) is 9.59 Å². The van der Waals surface area contributed by atoms with Crippen molar-refractivity contribution in [3.05, 3.63) is 0 Å². The molecule has 1 amide bonds. The van der Waals surface area contributed by atoms with E-state index in [0.717, 1.165) is 19.3 Å². The van der Waals surface area contributed by atoms with E-state index < -0.39 is 0 Å². The van der Waals surface area contributed by atoms with Gasteiger partial charge in [0, 0.05) is 13.0 Å². The minimum Gasteiger partial charge on any atom is -0.355 e. The molecule has 0 aromatic carbocycles. The molecular formula is C9H15NO2. The number of amides is 1. The third kappa shape index (κ3) is 2.06. The van der Waals surface area contributed by atoms with Crippen molar-refractivity contribution in [1.82, 2.24) is 5.32 Å². The van der Waals surface area contributed by atoms with E-state index >= 15 is 0 Å². The van der Waals surface area contributed by atoms with Gasteiger partial charge in [0.15, 0.2) is 0 Å². The fraction of sp³-hybridized carbons (Fsp3) is 0.778. The summed E-state index contributed by atoms with van der Waals surface area (Å²) < 4.78 is 0. The minimum atomic E-state index is -0.337. The largest absolute Gasteiger partial charge is 0.355 e. The Bertz CT molecular complexity index is 189. The maximum atomic E-state index is 11.3. The molecule has 1 unspecified atom stereocenters. The first kappa shape index (κ1) is 9.23. The smallest absolute Gasteiger partial charge is 0.230 e. The number of rotatable bonds is 3. The van der Waals surface area contributed by atoms with Gasteiger partial charge >= 0.3 is 0 Å². The van der Waals surface area contributed by atoms with E-state index in [4.69, 9.17) is 0 Å². The lowest BCUT2D eigenvalue weighted by Gasteiger charge is -2.07. The number of carbonyl (C=O) groups excluding carboxylic acids is 2. The molecule has 0 bridgehead atoms. The van der Waals surface area contributed by atoms with Gasteiger partial charge in [0.05, 0.1) is 5.92 Å². The van der Waals surface area contributed by atoms with Gasteiger partial charge in [-0.1, -0.05) is 6.92 Å². The van der Waals surface area contributed by atoms with Gasteiger partial charge in [0.1, 0.15) is 5.78 Å². The van der Waals surface area contributed by atoms with Crippen molar-refractivity contribution in [3.8, 4) is 0 Å². The summed E-state index contributed by atoms with van der Waals surface area (Å²) in [6.45, 7) is 2.68. The SMILES string of the molecule is CCCNC(=O)C1CCCC1=O. The van der Waals surface area contributed by atoms with Crippen LogP contribution in [0.2, 0.25) is 0 Å². The molecule has 3 nitrogen and oxygen atoms in total. The Hall–Kier alpha value is -0.860. The first-order chi connectivity index (χ1) is 5.75. The van der Waals surface area contributed by atoms with E-state index in [1.807, 2.05) is 6.92 Å². The quantitative estimate of drug-likeness (QED) is 0.637. The average molecular weight is 169 g/mol. The zero-order chi connectivity index (χ0) is 8.97. The Labute approximate surface area is 72.5 Å². The number of hydrogen-bond acceptors (Lipinski definition) is 2. The molecule has 0 heterocycles. The third-order valence-electron chi connectivity index (χ3n) is 2.17. The van der Waals surface area contributed by atoms with Crippen LogP contribution in [-0.2, 0) is 9.59 Å². The van der Waals surface area contributed by atoms with Crippen LogP contribution in [0.25, 0.3) is 0 Å². The predicted molar refractivity (Wildman–Crippen MR) is 45.6 cm³/mol. The summed E-state index contributed by atoms with van der Waals surface area (Å²) >= 11 is 0. The van der Waals surface area contributed by atoms with Crippen LogP contribution >= 0.6 is 0 Å².